The molecule has 0 rings (SSSR count). The lowest BCUT2D eigenvalue weighted by molar-refractivity contribution is -0.657. The molecule has 0 spiro atoms. The predicted molar refractivity (Wildman–Crippen MR) is 47.0 cm³/mol. The van der Waals surface area contributed by atoms with Gasteiger partial charge in [0.25, 0.3) is 0 Å². The molecule has 0 aliphatic rings. The van der Waals surface area contributed by atoms with E-state index in [1.54, 1.807) is 0 Å². The molecule has 0 aromatic carbocycles. The van der Waals surface area contributed by atoms with Gasteiger partial charge in [-0.25, -0.2) is 9.59 Å². The summed E-state index contributed by atoms with van der Waals surface area (Å²) in [7, 11) is 0. The van der Waals surface area contributed by atoms with E-state index in [-0.39, 0.29) is 0 Å². The number of carboxylic acids is 2. The van der Waals surface area contributed by atoms with Gasteiger partial charge in [0, 0.05) is 27.7 Å². The third kappa shape index (κ3) is 1.89. The maximum Gasteiger partial charge on any atom is 0.374 e. The Bertz CT molecular complexity index is 266. The summed E-state index contributed by atoms with van der Waals surface area (Å²) in [5, 5.41) is 17.5. The monoisotopic (exact) mass is 202 g/mol. The van der Waals surface area contributed by atoms with Crippen molar-refractivity contribution < 1.29 is 24.5 Å². The molecule has 6 nitrogen and oxygen atoms in total. The Kier molecular flexibility index (Phi) is 3.01. The van der Waals surface area contributed by atoms with Gasteiger partial charge in [0.15, 0.2) is 0 Å². The quantitative estimate of drug-likeness (QED) is 0.518. The highest BCUT2D eigenvalue weighted by molar-refractivity contribution is 5.78. The molecule has 6 heteroatoms. The van der Waals surface area contributed by atoms with E-state index in [2.05, 4.69) is 0 Å². The topological polar surface area (TPSA) is 99.9 Å². The minimum atomic E-state index is -1.65. The van der Waals surface area contributed by atoms with Crippen molar-refractivity contribution in [3.63, 3.8) is 0 Å². The van der Waals surface area contributed by atoms with Gasteiger partial charge in [-0.05, 0) is 0 Å². The zero-order valence-corrected chi connectivity index (χ0v) is 8.61. The fraction of sp³-hybridized carbons (Fsp3) is 0.750. The Balaban J connectivity index is 5.16. The highest BCUT2D eigenvalue weighted by atomic mass is 16.4. The number of hydrogen-bond donors (Lipinski definition) is 2. The molecule has 0 amide bonds. The van der Waals surface area contributed by atoms with Crippen LogP contribution in [-0.2, 0) is 9.59 Å². The third-order valence-corrected chi connectivity index (χ3v) is 2.11. The average molecular weight is 202 g/mol. The van der Waals surface area contributed by atoms with Gasteiger partial charge >= 0.3 is 11.9 Å². The number of aliphatic carboxylic acids is 2. The van der Waals surface area contributed by atoms with E-state index >= 15 is 0 Å². The molecule has 2 N–H and O–H groups in total. The van der Waals surface area contributed by atoms with Gasteiger partial charge in [0.05, 0.1) is 0 Å². The fourth-order valence-electron chi connectivity index (χ4n) is 0.880. The number of nitrogens with zero attached hydrogens (tertiary/aromatic N) is 2. The lowest BCUT2D eigenvalue weighted by Crippen LogP contribution is -2.55. The Labute approximate surface area is 81.7 Å². The molecule has 0 bridgehead atoms. The third-order valence-electron chi connectivity index (χ3n) is 2.11. The molecule has 0 saturated heterocycles. The Morgan fingerprint density at radius 2 is 1.21 bits per heavy atom. The number of carbonyl (C=O) groups is 2. The second-order valence-corrected chi connectivity index (χ2v) is 4.04. The maximum atomic E-state index is 10.7. The van der Waals surface area contributed by atoms with Gasteiger partial charge in [0.2, 0.25) is 11.1 Å². The minimum Gasteiger partial charge on any atom is -0.505 e. The second-order valence-electron chi connectivity index (χ2n) is 4.04. The van der Waals surface area contributed by atoms with Crippen LogP contribution in [-0.4, -0.2) is 37.9 Å². The summed E-state index contributed by atoms with van der Waals surface area (Å²) in [5.41, 5.74) is 6.22. The van der Waals surface area contributed by atoms with Crippen LogP contribution in [0.15, 0.2) is 0 Å². The number of hydrogen-bond acceptors (Lipinski definition) is 2. The molecule has 0 aromatic rings. The first kappa shape index (κ1) is 12.5. The van der Waals surface area contributed by atoms with Crippen LogP contribution >= 0.6 is 0 Å². The van der Waals surface area contributed by atoms with Crippen LogP contribution in [0.3, 0.4) is 0 Å². The van der Waals surface area contributed by atoms with Gasteiger partial charge in [-0.3, -0.25) is 4.70 Å². The molecular weight excluding hydrogens is 188 g/mol. The van der Waals surface area contributed by atoms with E-state index in [1.807, 2.05) is 0 Å². The Morgan fingerprint density at radius 1 is 1.00 bits per heavy atom. The molecule has 14 heavy (non-hydrogen) atoms. The van der Waals surface area contributed by atoms with Gasteiger partial charge in [-0.1, -0.05) is 0 Å². The van der Waals surface area contributed by atoms with Crippen LogP contribution < -0.4 is 0 Å². The molecule has 0 atom stereocenters. The van der Waals surface area contributed by atoms with Crippen molar-refractivity contribution in [3.05, 3.63) is 5.53 Å². The van der Waals surface area contributed by atoms with E-state index in [0.29, 0.717) is 4.70 Å². The lowest BCUT2D eigenvalue weighted by atomic mass is 9.97. The second kappa shape index (κ2) is 3.36. The van der Waals surface area contributed by atoms with Crippen LogP contribution in [0.1, 0.15) is 27.7 Å². The van der Waals surface area contributed by atoms with Crippen molar-refractivity contribution in [2.75, 3.05) is 0 Å². The lowest BCUT2D eigenvalue weighted by Gasteiger charge is -2.30. The van der Waals surface area contributed by atoms with E-state index in [1.165, 1.54) is 27.7 Å². The molecule has 0 radical (unpaired) electrons. The number of carboxylic acid groups (broad SMARTS) is 2. The van der Waals surface area contributed by atoms with E-state index in [4.69, 9.17) is 10.2 Å². The van der Waals surface area contributed by atoms with Crippen molar-refractivity contribution in [2.45, 2.75) is 38.8 Å². The molecule has 0 aliphatic heterocycles. The first-order valence-corrected chi connectivity index (χ1v) is 4.00. The van der Waals surface area contributed by atoms with E-state index < -0.39 is 23.0 Å². The zero-order chi connectivity index (χ0) is 11.7. The van der Waals surface area contributed by atoms with Crippen molar-refractivity contribution in [1.29, 1.82) is 0 Å². The molecule has 0 saturated carbocycles. The van der Waals surface area contributed by atoms with E-state index in [9.17, 15) is 15.1 Å². The van der Waals surface area contributed by atoms with Crippen molar-refractivity contribution in [1.82, 2.24) is 0 Å². The summed E-state index contributed by atoms with van der Waals surface area (Å²) >= 11 is 0. The van der Waals surface area contributed by atoms with Crippen LogP contribution in [0.2, 0.25) is 0 Å². The number of rotatable bonds is 4. The zero-order valence-electron chi connectivity index (χ0n) is 8.61. The van der Waals surface area contributed by atoms with Crippen molar-refractivity contribution in [3.8, 4) is 0 Å². The summed E-state index contributed by atoms with van der Waals surface area (Å²) in [6.07, 6.45) is 0. The van der Waals surface area contributed by atoms with Gasteiger partial charge < -0.3 is 15.7 Å². The molecule has 0 unspecified atom stereocenters. The SMILES string of the molecule is CC(C)(C(=O)O)[N+](=[N-])C(C)(C)C(=O)O. The van der Waals surface area contributed by atoms with Crippen molar-refractivity contribution in [2.24, 2.45) is 0 Å². The Morgan fingerprint density at radius 3 is 1.36 bits per heavy atom. The largest absolute Gasteiger partial charge is 0.505 e. The molecule has 0 aromatic heterocycles. The molecule has 80 valence electrons. The summed E-state index contributed by atoms with van der Waals surface area (Å²) in [6, 6.07) is 0. The van der Waals surface area contributed by atoms with Gasteiger partial charge in [-0.15, -0.1) is 0 Å². The van der Waals surface area contributed by atoms with Crippen molar-refractivity contribution >= 4 is 11.9 Å². The van der Waals surface area contributed by atoms with Gasteiger partial charge in [-0.2, -0.15) is 0 Å². The van der Waals surface area contributed by atoms with E-state index in [0.717, 1.165) is 0 Å². The van der Waals surface area contributed by atoms with Gasteiger partial charge in [0.1, 0.15) is 0 Å². The summed E-state index contributed by atoms with van der Waals surface area (Å²) < 4.78 is 0.324. The highest BCUT2D eigenvalue weighted by Crippen LogP contribution is 2.20. The van der Waals surface area contributed by atoms with Crippen LogP contribution in [0.4, 0.5) is 0 Å². The average Bonchev–Trinajstić information content (AvgIpc) is 2.02. The molecule has 0 fully saturated rings. The molecule has 0 aliphatic carbocycles. The van der Waals surface area contributed by atoms with Crippen LogP contribution in [0.25, 0.3) is 5.53 Å². The fourth-order valence-corrected chi connectivity index (χ4v) is 0.880. The summed E-state index contributed by atoms with van der Waals surface area (Å²) in [4.78, 5) is 21.5. The smallest absolute Gasteiger partial charge is 0.374 e. The minimum absolute atomic E-state index is 0.324. The highest BCUT2D eigenvalue weighted by Gasteiger charge is 2.47. The standard InChI is InChI=1S/C8H14N2O4/c1-7(2,5(11)12)10(9)8(3,4)6(13)14/h1-4H3,(H,11,12)(H,13,14). The first-order valence-electron chi connectivity index (χ1n) is 4.00. The first-order chi connectivity index (χ1) is 6.04. The Hall–Kier alpha value is -1.46. The van der Waals surface area contributed by atoms with Crippen LogP contribution in [0.5, 0.6) is 0 Å². The summed E-state index contributed by atoms with van der Waals surface area (Å²) in [5.74, 6) is -2.59. The maximum absolute atomic E-state index is 10.7. The normalized spacial score (nSPS) is 12.3. The van der Waals surface area contributed by atoms with Crippen LogP contribution in [0, 0.1) is 0 Å². The molecule has 0 heterocycles. The summed E-state index contributed by atoms with van der Waals surface area (Å²) in [6.45, 7) is 4.89. The predicted octanol–water partition coefficient (Wildman–Crippen LogP) is 0.747. The molecular formula is C8H14N2O4.